The van der Waals surface area contributed by atoms with E-state index in [1.807, 2.05) is 11.8 Å². The van der Waals surface area contributed by atoms with Gasteiger partial charge in [0.05, 0.1) is 12.1 Å². The zero-order valence-electron chi connectivity index (χ0n) is 17.7. The van der Waals surface area contributed by atoms with Crippen LogP contribution in [0.25, 0.3) is 0 Å². The van der Waals surface area contributed by atoms with E-state index < -0.39 is 23.0 Å². The molecule has 0 spiro atoms. The van der Waals surface area contributed by atoms with Gasteiger partial charge in [0, 0.05) is 36.1 Å². The van der Waals surface area contributed by atoms with E-state index in [-0.39, 0.29) is 29.6 Å². The molecule has 0 aliphatic carbocycles. The Kier molecular flexibility index (Phi) is 8.78. The summed E-state index contributed by atoms with van der Waals surface area (Å²) in [6.07, 6.45) is 4.46. The number of nitrogens with one attached hydrogen (secondary N) is 4. The second-order valence-electron chi connectivity index (χ2n) is 8.03. The first-order valence-corrected chi connectivity index (χ1v) is 11.9. The van der Waals surface area contributed by atoms with Crippen LogP contribution in [0.1, 0.15) is 48.9 Å². The molecule has 2 heterocycles. The van der Waals surface area contributed by atoms with Crippen LogP contribution in [0, 0.1) is 11.6 Å². The van der Waals surface area contributed by atoms with Crippen LogP contribution in [-0.2, 0) is 4.79 Å². The van der Waals surface area contributed by atoms with Gasteiger partial charge in [-0.05, 0) is 43.3 Å². The SMILES string of the molecule is [B]c1c(F)cc(C(=O)NCCCCNC(=O)CCCCC2SCC3NC(=O)NC32)cc1F. The molecule has 2 fully saturated rings. The van der Waals surface area contributed by atoms with Gasteiger partial charge in [-0.1, -0.05) is 6.42 Å². The minimum absolute atomic E-state index is 0.00496. The number of fused-ring (bicyclic) bond motifs is 1. The largest absolute Gasteiger partial charge is 0.356 e. The first-order chi connectivity index (χ1) is 15.3. The fourth-order valence-corrected chi connectivity index (χ4v) is 5.40. The van der Waals surface area contributed by atoms with Crippen LogP contribution < -0.4 is 26.7 Å². The molecule has 3 rings (SSSR count). The lowest BCUT2D eigenvalue weighted by Crippen LogP contribution is -2.36. The van der Waals surface area contributed by atoms with Gasteiger partial charge in [0.1, 0.15) is 19.5 Å². The smallest absolute Gasteiger partial charge is 0.315 e. The van der Waals surface area contributed by atoms with E-state index in [4.69, 9.17) is 7.85 Å². The van der Waals surface area contributed by atoms with Crippen molar-refractivity contribution in [1.29, 1.82) is 0 Å². The molecule has 2 radical (unpaired) electrons. The van der Waals surface area contributed by atoms with E-state index in [1.54, 1.807) is 0 Å². The predicted molar refractivity (Wildman–Crippen MR) is 120 cm³/mol. The van der Waals surface area contributed by atoms with Crippen molar-refractivity contribution >= 4 is 42.9 Å². The maximum Gasteiger partial charge on any atom is 0.315 e. The Morgan fingerprint density at radius 3 is 2.47 bits per heavy atom. The van der Waals surface area contributed by atoms with Crippen molar-refractivity contribution in [1.82, 2.24) is 21.3 Å². The summed E-state index contributed by atoms with van der Waals surface area (Å²) in [6, 6.07) is 2.13. The summed E-state index contributed by atoms with van der Waals surface area (Å²) >= 11 is 1.87. The van der Waals surface area contributed by atoms with Crippen LogP contribution in [0.2, 0.25) is 0 Å². The fourth-order valence-electron chi connectivity index (χ4n) is 3.86. The summed E-state index contributed by atoms with van der Waals surface area (Å²) in [4.78, 5) is 35.3. The molecule has 0 aromatic heterocycles. The molecular formula is C21H27BF2N4O3S. The summed E-state index contributed by atoms with van der Waals surface area (Å²) < 4.78 is 26.8. The average Bonchev–Trinajstić information content (AvgIpc) is 3.30. The lowest BCUT2D eigenvalue weighted by molar-refractivity contribution is -0.121. The van der Waals surface area contributed by atoms with Gasteiger partial charge in [0.25, 0.3) is 5.91 Å². The normalized spacial score (nSPS) is 21.6. The number of urea groups is 1. The van der Waals surface area contributed by atoms with Crippen molar-refractivity contribution in [2.75, 3.05) is 18.8 Å². The van der Waals surface area contributed by atoms with Gasteiger partial charge in [-0.3, -0.25) is 9.59 Å². The van der Waals surface area contributed by atoms with E-state index in [0.29, 0.717) is 37.6 Å². The van der Waals surface area contributed by atoms with Crippen molar-refractivity contribution in [2.45, 2.75) is 55.9 Å². The number of thioether (sulfide) groups is 1. The molecule has 4 N–H and O–H groups in total. The summed E-state index contributed by atoms with van der Waals surface area (Å²) in [6.45, 7) is 0.828. The van der Waals surface area contributed by atoms with Gasteiger partial charge >= 0.3 is 6.03 Å². The monoisotopic (exact) mass is 464 g/mol. The van der Waals surface area contributed by atoms with Gasteiger partial charge in [-0.15, -0.1) is 0 Å². The first kappa shape index (κ1) is 24.3. The average molecular weight is 464 g/mol. The molecule has 1 aromatic rings. The number of hydrogen-bond donors (Lipinski definition) is 4. The van der Waals surface area contributed by atoms with Crippen LogP contribution in [-0.4, -0.2) is 61.9 Å². The van der Waals surface area contributed by atoms with Crippen LogP contribution >= 0.6 is 11.8 Å². The lowest BCUT2D eigenvalue weighted by Gasteiger charge is -2.16. The van der Waals surface area contributed by atoms with Crippen molar-refractivity contribution in [3.05, 3.63) is 29.3 Å². The molecule has 11 heteroatoms. The number of unbranched alkanes of at least 4 members (excludes halogenated alkanes) is 2. The zero-order valence-corrected chi connectivity index (χ0v) is 18.5. The Balaban J connectivity index is 1.20. The Morgan fingerprint density at radius 1 is 1.06 bits per heavy atom. The molecule has 2 aliphatic heterocycles. The Labute approximate surface area is 191 Å². The standard InChI is InChI=1S/C21H27BF2N4O3S/c22-18-13(23)9-12(10-14(18)24)20(30)26-8-4-3-7-25-17(29)6-2-1-5-16-19-15(11-32-16)27-21(31)28-19/h9-10,15-16,19H,1-8,11H2,(H,25,29)(H,26,30)(H2,27,28,31). The first-order valence-electron chi connectivity index (χ1n) is 10.8. The maximum absolute atomic E-state index is 13.4. The predicted octanol–water partition coefficient (Wildman–Crippen LogP) is 1.11. The molecule has 2 aliphatic rings. The Hall–Kier alpha value is -2.30. The van der Waals surface area contributed by atoms with E-state index >= 15 is 0 Å². The van der Waals surface area contributed by atoms with Crippen LogP contribution in [0.3, 0.4) is 0 Å². The van der Waals surface area contributed by atoms with Crippen LogP contribution in [0.4, 0.5) is 13.6 Å². The molecule has 3 unspecified atom stereocenters. The molecular weight excluding hydrogens is 437 g/mol. The third-order valence-electron chi connectivity index (χ3n) is 5.63. The van der Waals surface area contributed by atoms with Gasteiger partial charge in [0.15, 0.2) is 0 Å². The zero-order chi connectivity index (χ0) is 23.1. The third kappa shape index (κ3) is 6.60. The van der Waals surface area contributed by atoms with E-state index in [0.717, 1.165) is 37.1 Å². The minimum Gasteiger partial charge on any atom is -0.356 e. The molecule has 3 atom stereocenters. The number of hydrogen-bond acceptors (Lipinski definition) is 4. The second-order valence-corrected chi connectivity index (χ2v) is 9.31. The highest BCUT2D eigenvalue weighted by molar-refractivity contribution is 8.00. The topological polar surface area (TPSA) is 99.3 Å². The number of benzene rings is 1. The molecule has 32 heavy (non-hydrogen) atoms. The van der Waals surface area contributed by atoms with Crippen molar-refractivity contribution in [2.24, 2.45) is 0 Å². The highest BCUT2D eigenvalue weighted by Crippen LogP contribution is 2.33. The second kappa shape index (κ2) is 11.5. The van der Waals surface area contributed by atoms with Gasteiger partial charge in [-0.25, -0.2) is 13.6 Å². The van der Waals surface area contributed by atoms with Gasteiger partial charge in [0.2, 0.25) is 5.91 Å². The number of carbonyl (C=O) groups is 3. The van der Waals surface area contributed by atoms with Crippen LogP contribution in [0.15, 0.2) is 12.1 Å². The molecule has 4 amide bonds. The molecule has 7 nitrogen and oxygen atoms in total. The van der Waals surface area contributed by atoms with Crippen molar-refractivity contribution < 1.29 is 23.2 Å². The van der Waals surface area contributed by atoms with E-state index in [1.165, 1.54) is 0 Å². The van der Waals surface area contributed by atoms with Gasteiger partial charge < -0.3 is 21.3 Å². The third-order valence-corrected chi connectivity index (χ3v) is 7.14. The number of carbonyl (C=O) groups excluding carboxylic acids is 3. The lowest BCUT2D eigenvalue weighted by atomic mass is 9.93. The Morgan fingerprint density at radius 2 is 1.75 bits per heavy atom. The summed E-state index contributed by atoms with van der Waals surface area (Å²) in [7, 11) is 5.19. The fraction of sp³-hybridized carbons (Fsp3) is 0.571. The van der Waals surface area contributed by atoms with E-state index in [9.17, 15) is 23.2 Å². The summed E-state index contributed by atoms with van der Waals surface area (Å²) in [5, 5.41) is 11.7. The molecule has 2 saturated heterocycles. The number of halogens is 2. The summed E-state index contributed by atoms with van der Waals surface area (Å²) in [5.74, 6) is -1.58. The van der Waals surface area contributed by atoms with Crippen molar-refractivity contribution in [3.63, 3.8) is 0 Å². The van der Waals surface area contributed by atoms with Crippen molar-refractivity contribution in [3.8, 4) is 0 Å². The minimum atomic E-state index is -0.966. The van der Waals surface area contributed by atoms with Gasteiger partial charge in [-0.2, -0.15) is 11.8 Å². The highest BCUT2D eigenvalue weighted by Gasteiger charge is 2.42. The Bertz CT molecular complexity index is 837. The molecule has 1 aromatic carbocycles. The molecule has 0 bridgehead atoms. The summed E-state index contributed by atoms with van der Waals surface area (Å²) in [5.41, 5.74) is -0.733. The number of amides is 4. The maximum atomic E-state index is 13.4. The molecule has 172 valence electrons. The van der Waals surface area contributed by atoms with Crippen LogP contribution in [0.5, 0.6) is 0 Å². The quantitative estimate of drug-likeness (QED) is 0.224. The number of rotatable bonds is 11. The highest BCUT2D eigenvalue weighted by atomic mass is 32.2. The van der Waals surface area contributed by atoms with E-state index in [2.05, 4.69) is 21.3 Å². The molecule has 0 saturated carbocycles.